The molecule has 0 radical (unpaired) electrons. The fourth-order valence-electron chi connectivity index (χ4n) is 5.11. The van der Waals surface area contributed by atoms with E-state index in [9.17, 15) is 5.11 Å². The average Bonchev–Trinajstić information content (AvgIpc) is 3.24. The molecule has 2 unspecified atom stereocenters. The van der Waals surface area contributed by atoms with E-state index < -0.39 is 5.60 Å². The van der Waals surface area contributed by atoms with Crippen molar-refractivity contribution < 1.29 is 9.84 Å². The van der Waals surface area contributed by atoms with E-state index in [1.165, 1.54) is 6.42 Å². The predicted octanol–water partition coefficient (Wildman–Crippen LogP) is 5.70. The molecule has 2 aliphatic carbocycles. The number of fused-ring (bicyclic) bond motifs is 1. The molecule has 3 aliphatic rings. The number of benzene rings is 1. The van der Waals surface area contributed by atoms with Gasteiger partial charge < -0.3 is 14.4 Å². The maximum absolute atomic E-state index is 12.3. The van der Waals surface area contributed by atoms with Gasteiger partial charge in [0.1, 0.15) is 5.76 Å². The van der Waals surface area contributed by atoms with E-state index in [-0.39, 0.29) is 12.0 Å². The van der Waals surface area contributed by atoms with Crippen LogP contribution < -0.4 is 0 Å². The van der Waals surface area contributed by atoms with Crippen molar-refractivity contribution in [2.75, 3.05) is 19.6 Å². The van der Waals surface area contributed by atoms with Crippen LogP contribution in [-0.2, 0) is 17.4 Å². The standard InChI is InChI=1S/C28H31Cl2N3O2/c1-18(2)35-27-20(16-33-11-4-12-33)13-19-5-6-22(14-24(19)26(27)30)28(34,25-15-31-17-32(25)3)21-7-9-23(29)10-8-21/h5-10,13,15,17-18,24,34H,4,11-12,14,16H2,1-3H3. The number of likely N-dealkylation sites (tertiary alicyclic amines) is 1. The summed E-state index contributed by atoms with van der Waals surface area (Å²) in [6.07, 6.45) is 11.6. The molecule has 1 aliphatic heterocycles. The third-order valence-electron chi connectivity index (χ3n) is 7.07. The van der Waals surface area contributed by atoms with Crippen molar-refractivity contribution >= 4 is 23.2 Å². The maximum atomic E-state index is 12.3. The first-order chi connectivity index (χ1) is 16.8. The van der Waals surface area contributed by atoms with Crippen molar-refractivity contribution in [2.45, 2.75) is 38.4 Å². The Morgan fingerprint density at radius 1 is 1.17 bits per heavy atom. The van der Waals surface area contributed by atoms with Gasteiger partial charge in [-0.3, -0.25) is 4.90 Å². The van der Waals surface area contributed by atoms with Crippen LogP contribution in [0.3, 0.4) is 0 Å². The van der Waals surface area contributed by atoms with Gasteiger partial charge in [-0.1, -0.05) is 53.6 Å². The number of aliphatic hydroxyl groups is 1. The molecular formula is C28H31Cl2N3O2. The summed E-state index contributed by atoms with van der Waals surface area (Å²) in [4.78, 5) is 6.69. The van der Waals surface area contributed by atoms with Crippen LogP contribution in [0.5, 0.6) is 0 Å². The molecule has 5 nitrogen and oxygen atoms in total. The smallest absolute Gasteiger partial charge is 0.153 e. The van der Waals surface area contributed by atoms with Gasteiger partial charge in [0.2, 0.25) is 0 Å². The number of hydrogen-bond acceptors (Lipinski definition) is 4. The SMILES string of the molecule is CC(C)OC1=C(Cl)C2CC(C(O)(c3ccc(Cl)cc3)c3cncn3C)=CC=C2C=C1CN1CCC1. The zero-order chi connectivity index (χ0) is 24.7. The Kier molecular flexibility index (Phi) is 6.71. The summed E-state index contributed by atoms with van der Waals surface area (Å²) in [5.74, 6) is 0.699. The monoisotopic (exact) mass is 511 g/mol. The van der Waals surface area contributed by atoms with E-state index in [2.05, 4.69) is 22.0 Å². The highest BCUT2D eigenvalue weighted by atomic mass is 35.5. The van der Waals surface area contributed by atoms with Crippen LogP contribution >= 0.6 is 23.2 Å². The number of nitrogens with zero attached hydrogens (tertiary/aromatic N) is 3. The maximum Gasteiger partial charge on any atom is 0.153 e. The second kappa shape index (κ2) is 9.62. The van der Waals surface area contributed by atoms with Crippen LogP contribution in [0.4, 0.5) is 0 Å². The fraction of sp³-hybridized carbons (Fsp3) is 0.393. The lowest BCUT2D eigenvalue weighted by atomic mass is 9.73. The van der Waals surface area contributed by atoms with Gasteiger partial charge in [0.25, 0.3) is 0 Å². The number of imidazole rings is 1. The second-order valence-electron chi connectivity index (χ2n) is 9.87. The number of aromatic nitrogens is 2. The van der Waals surface area contributed by atoms with Gasteiger partial charge in [-0.25, -0.2) is 4.98 Å². The summed E-state index contributed by atoms with van der Waals surface area (Å²) < 4.78 is 8.11. The molecule has 1 saturated heterocycles. The van der Waals surface area contributed by atoms with Crippen LogP contribution in [0.1, 0.15) is 37.9 Å². The molecule has 0 saturated carbocycles. The lowest BCUT2D eigenvalue weighted by Crippen LogP contribution is -2.39. The van der Waals surface area contributed by atoms with Crippen LogP contribution in [0.25, 0.3) is 0 Å². The largest absolute Gasteiger partial charge is 0.489 e. The van der Waals surface area contributed by atoms with Crippen molar-refractivity contribution in [2.24, 2.45) is 13.0 Å². The first-order valence-corrected chi connectivity index (χ1v) is 12.9. The lowest BCUT2D eigenvalue weighted by Gasteiger charge is -2.38. The van der Waals surface area contributed by atoms with E-state index >= 15 is 0 Å². The molecule has 0 bridgehead atoms. The molecule has 0 amide bonds. The third kappa shape index (κ3) is 4.51. The summed E-state index contributed by atoms with van der Waals surface area (Å²) in [7, 11) is 1.89. The fourth-order valence-corrected chi connectivity index (χ4v) is 5.61. The van der Waals surface area contributed by atoms with Gasteiger partial charge in [-0.15, -0.1) is 0 Å². The van der Waals surface area contributed by atoms with Crippen molar-refractivity contribution in [3.8, 4) is 0 Å². The zero-order valence-corrected chi connectivity index (χ0v) is 21.9. The van der Waals surface area contributed by atoms with Gasteiger partial charge >= 0.3 is 0 Å². The highest BCUT2D eigenvalue weighted by molar-refractivity contribution is 6.31. The van der Waals surface area contributed by atoms with Gasteiger partial charge in [-0.2, -0.15) is 0 Å². The Labute approximate surface area is 217 Å². The van der Waals surface area contributed by atoms with Crippen LogP contribution in [0.2, 0.25) is 5.02 Å². The number of allylic oxidation sites excluding steroid dienone is 5. The number of rotatable bonds is 7. The Hall–Kier alpha value is -2.31. The molecule has 2 atom stereocenters. The summed E-state index contributed by atoms with van der Waals surface area (Å²) >= 11 is 13.3. The quantitative estimate of drug-likeness (QED) is 0.517. The van der Waals surface area contributed by atoms with Gasteiger partial charge in [0, 0.05) is 30.1 Å². The zero-order valence-electron chi connectivity index (χ0n) is 20.3. The van der Waals surface area contributed by atoms with Crippen LogP contribution in [0.15, 0.2) is 82.5 Å². The molecule has 5 rings (SSSR count). The Morgan fingerprint density at radius 3 is 2.51 bits per heavy atom. The lowest BCUT2D eigenvalue weighted by molar-refractivity contribution is 0.106. The summed E-state index contributed by atoms with van der Waals surface area (Å²) in [5, 5.41) is 13.6. The van der Waals surface area contributed by atoms with Crippen LogP contribution in [-0.4, -0.2) is 45.3 Å². The van der Waals surface area contributed by atoms with E-state index in [0.29, 0.717) is 22.2 Å². The second-order valence-corrected chi connectivity index (χ2v) is 10.7. The molecule has 35 heavy (non-hydrogen) atoms. The summed E-state index contributed by atoms with van der Waals surface area (Å²) in [6, 6.07) is 7.34. The minimum Gasteiger partial charge on any atom is -0.489 e. The molecule has 1 fully saturated rings. The molecule has 1 aromatic carbocycles. The van der Waals surface area contributed by atoms with Crippen molar-refractivity contribution in [3.05, 3.63) is 98.8 Å². The Balaban J connectivity index is 1.58. The van der Waals surface area contributed by atoms with E-state index in [1.54, 1.807) is 24.7 Å². The van der Waals surface area contributed by atoms with Gasteiger partial charge in [0.05, 0.1) is 29.4 Å². The summed E-state index contributed by atoms with van der Waals surface area (Å²) in [5.41, 5.74) is 3.16. The molecule has 1 aromatic heterocycles. The number of ether oxygens (including phenoxy) is 1. The van der Waals surface area contributed by atoms with Crippen molar-refractivity contribution in [1.82, 2.24) is 14.5 Å². The Bertz CT molecular complexity index is 1240. The molecule has 2 heterocycles. The minimum absolute atomic E-state index is 0.0168. The first kappa shape index (κ1) is 24.4. The van der Waals surface area contributed by atoms with E-state index in [0.717, 1.165) is 47.7 Å². The molecule has 2 aromatic rings. The van der Waals surface area contributed by atoms with E-state index in [1.807, 2.05) is 43.7 Å². The molecular weight excluding hydrogens is 481 g/mol. The minimum atomic E-state index is -1.38. The molecule has 7 heteroatoms. The first-order valence-electron chi connectivity index (χ1n) is 12.1. The van der Waals surface area contributed by atoms with Crippen molar-refractivity contribution in [1.29, 1.82) is 0 Å². The summed E-state index contributed by atoms with van der Waals surface area (Å²) in [6.45, 7) is 7.10. The topological polar surface area (TPSA) is 50.5 Å². The molecule has 1 N–H and O–H groups in total. The molecule has 184 valence electrons. The Morgan fingerprint density at radius 2 is 1.91 bits per heavy atom. The average molecular weight is 512 g/mol. The number of aryl methyl sites for hydroxylation is 1. The van der Waals surface area contributed by atoms with Crippen LogP contribution in [0, 0.1) is 5.92 Å². The third-order valence-corrected chi connectivity index (χ3v) is 7.76. The number of halogens is 2. The van der Waals surface area contributed by atoms with E-state index in [4.69, 9.17) is 27.9 Å². The number of hydrogen-bond donors (Lipinski definition) is 1. The normalized spacial score (nSPS) is 22.1. The van der Waals surface area contributed by atoms with Crippen molar-refractivity contribution in [3.63, 3.8) is 0 Å². The molecule has 0 spiro atoms. The predicted molar refractivity (Wildman–Crippen MR) is 140 cm³/mol. The van der Waals surface area contributed by atoms with Gasteiger partial charge in [0.15, 0.2) is 5.60 Å². The highest BCUT2D eigenvalue weighted by Crippen LogP contribution is 2.48. The highest BCUT2D eigenvalue weighted by Gasteiger charge is 2.42. The van der Waals surface area contributed by atoms with Gasteiger partial charge in [-0.05, 0) is 68.6 Å².